The predicted molar refractivity (Wildman–Crippen MR) is 76.1 cm³/mol. The summed E-state index contributed by atoms with van der Waals surface area (Å²) in [6.45, 7) is 0.146. The van der Waals surface area contributed by atoms with Crippen LogP contribution in [-0.4, -0.2) is 19.7 Å². The predicted octanol–water partition coefficient (Wildman–Crippen LogP) is 3.33. The van der Waals surface area contributed by atoms with E-state index in [9.17, 15) is 8.78 Å². The van der Waals surface area contributed by atoms with Crippen molar-refractivity contribution in [2.24, 2.45) is 0 Å². The molecule has 4 nitrogen and oxygen atoms in total. The van der Waals surface area contributed by atoms with Crippen LogP contribution >= 0.6 is 12.2 Å². The van der Waals surface area contributed by atoms with Crippen LogP contribution in [-0.2, 0) is 6.54 Å². The van der Waals surface area contributed by atoms with Crippen LogP contribution in [0.2, 0.25) is 0 Å². The lowest BCUT2D eigenvalue weighted by Crippen LogP contribution is -2.05. The van der Waals surface area contributed by atoms with Gasteiger partial charge in [-0.3, -0.25) is 14.6 Å². The highest BCUT2D eigenvalue weighted by atomic mass is 32.1. The van der Waals surface area contributed by atoms with Gasteiger partial charge in [-0.05, 0) is 30.4 Å². The van der Waals surface area contributed by atoms with Crippen molar-refractivity contribution < 1.29 is 8.78 Å². The number of hydrogen-bond donors (Lipinski definition) is 1. The van der Waals surface area contributed by atoms with Crippen molar-refractivity contribution in [2.45, 2.75) is 6.54 Å². The summed E-state index contributed by atoms with van der Waals surface area (Å²) in [5, 5.41) is 6.78. The summed E-state index contributed by atoms with van der Waals surface area (Å²) in [5.41, 5.74) is 0.943. The van der Waals surface area contributed by atoms with Gasteiger partial charge in [0.1, 0.15) is 17.3 Å². The summed E-state index contributed by atoms with van der Waals surface area (Å²) in [7, 11) is 0. The maximum Gasteiger partial charge on any atom is 0.195 e. The Balaban J connectivity index is 2.03. The van der Waals surface area contributed by atoms with Gasteiger partial charge >= 0.3 is 0 Å². The standard InChI is InChI=1S/C14H10F2N4S/c15-10-5-4-9(11(16)7-10)8-20-13(18-19-14(20)21)12-3-1-2-6-17-12/h1-7H,8H2,(H,19,21). The average molecular weight is 304 g/mol. The fourth-order valence-corrected chi connectivity index (χ4v) is 2.17. The Bertz CT molecular complexity index is 826. The SMILES string of the molecule is Fc1ccc(Cn2c(-c3ccccn3)n[nH]c2=S)c(F)c1. The van der Waals surface area contributed by atoms with Crippen molar-refractivity contribution in [1.29, 1.82) is 0 Å². The van der Waals surface area contributed by atoms with Crippen molar-refractivity contribution in [2.75, 3.05) is 0 Å². The zero-order chi connectivity index (χ0) is 14.8. The Hall–Kier alpha value is -2.41. The molecule has 0 aliphatic carbocycles. The van der Waals surface area contributed by atoms with E-state index in [0.29, 0.717) is 21.9 Å². The quantitative estimate of drug-likeness (QED) is 0.755. The number of nitrogens with zero attached hydrogens (tertiary/aromatic N) is 3. The van der Waals surface area contributed by atoms with Crippen molar-refractivity contribution in [3.05, 3.63) is 64.6 Å². The maximum atomic E-state index is 13.8. The van der Waals surface area contributed by atoms with E-state index in [0.717, 1.165) is 6.07 Å². The van der Waals surface area contributed by atoms with Crippen molar-refractivity contribution in [3.8, 4) is 11.5 Å². The zero-order valence-corrected chi connectivity index (χ0v) is 11.6. The Labute approximate surface area is 124 Å². The monoisotopic (exact) mass is 304 g/mol. The third-order valence-electron chi connectivity index (χ3n) is 3.00. The normalized spacial score (nSPS) is 10.8. The smallest absolute Gasteiger partial charge is 0.195 e. The summed E-state index contributed by atoms with van der Waals surface area (Å²) < 4.78 is 28.7. The second-order valence-electron chi connectivity index (χ2n) is 4.39. The molecule has 0 aliphatic rings. The highest BCUT2D eigenvalue weighted by molar-refractivity contribution is 7.71. The minimum Gasteiger partial charge on any atom is -0.294 e. The molecule has 21 heavy (non-hydrogen) atoms. The number of pyridine rings is 1. The third kappa shape index (κ3) is 2.73. The highest BCUT2D eigenvalue weighted by Gasteiger charge is 2.12. The Morgan fingerprint density at radius 2 is 2.05 bits per heavy atom. The molecule has 0 radical (unpaired) electrons. The number of H-pyrrole nitrogens is 1. The zero-order valence-electron chi connectivity index (χ0n) is 10.8. The fourth-order valence-electron chi connectivity index (χ4n) is 1.98. The highest BCUT2D eigenvalue weighted by Crippen LogP contribution is 2.17. The lowest BCUT2D eigenvalue weighted by molar-refractivity contribution is 0.566. The lowest BCUT2D eigenvalue weighted by atomic mass is 10.2. The summed E-state index contributed by atoms with van der Waals surface area (Å²) >= 11 is 5.16. The minimum atomic E-state index is -0.620. The molecule has 2 heterocycles. The van der Waals surface area contributed by atoms with Gasteiger partial charge in [0.2, 0.25) is 0 Å². The number of rotatable bonds is 3. The summed E-state index contributed by atoms with van der Waals surface area (Å²) in [4.78, 5) is 4.20. The molecule has 0 atom stereocenters. The first-order chi connectivity index (χ1) is 10.1. The van der Waals surface area contributed by atoms with Gasteiger partial charge in [0.15, 0.2) is 10.6 Å². The first kappa shape index (κ1) is 13.6. The van der Waals surface area contributed by atoms with E-state index >= 15 is 0 Å². The van der Waals surface area contributed by atoms with Crippen LogP contribution in [0.15, 0.2) is 42.6 Å². The van der Waals surface area contributed by atoms with Crippen molar-refractivity contribution in [1.82, 2.24) is 19.7 Å². The molecule has 0 saturated heterocycles. The maximum absolute atomic E-state index is 13.8. The van der Waals surface area contributed by atoms with E-state index in [2.05, 4.69) is 15.2 Å². The molecule has 106 valence electrons. The molecule has 0 amide bonds. The molecule has 3 rings (SSSR count). The third-order valence-corrected chi connectivity index (χ3v) is 3.31. The molecule has 1 aromatic carbocycles. The summed E-state index contributed by atoms with van der Waals surface area (Å²) in [6.07, 6.45) is 1.63. The van der Waals surface area contributed by atoms with E-state index < -0.39 is 11.6 Å². The second kappa shape index (κ2) is 5.53. The summed E-state index contributed by atoms with van der Waals surface area (Å²) in [5.74, 6) is -0.730. The summed E-state index contributed by atoms with van der Waals surface area (Å²) in [6, 6.07) is 8.84. The molecule has 0 spiro atoms. The van der Waals surface area contributed by atoms with E-state index in [1.54, 1.807) is 22.9 Å². The van der Waals surface area contributed by atoms with Gasteiger partial charge < -0.3 is 0 Å². The first-order valence-electron chi connectivity index (χ1n) is 6.15. The Morgan fingerprint density at radius 1 is 1.19 bits per heavy atom. The van der Waals surface area contributed by atoms with Crippen LogP contribution in [0.1, 0.15) is 5.56 Å². The number of hydrogen-bond acceptors (Lipinski definition) is 3. The molecule has 7 heteroatoms. The molecule has 0 fully saturated rings. The van der Waals surface area contributed by atoms with Gasteiger partial charge in [0.25, 0.3) is 0 Å². The molecule has 0 unspecified atom stereocenters. The number of aromatic nitrogens is 4. The second-order valence-corrected chi connectivity index (χ2v) is 4.78. The number of halogens is 2. The molecular weight excluding hydrogens is 294 g/mol. The molecule has 2 aromatic heterocycles. The molecule has 1 N–H and O–H groups in total. The van der Waals surface area contributed by atoms with Crippen molar-refractivity contribution in [3.63, 3.8) is 0 Å². The molecular formula is C14H10F2N4S. The molecule has 0 saturated carbocycles. The average Bonchev–Trinajstić information content (AvgIpc) is 2.84. The van der Waals surface area contributed by atoms with E-state index in [1.807, 2.05) is 6.07 Å². The Kier molecular flexibility index (Phi) is 3.57. The topological polar surface area (TPSA) is 46.5 Å². The van der Waals surface area contributed by atoms with Gasteiger partial charge in [-0.15, -0.1) is 0 Å². The van der Waals surface area contributed by atoms with Crippen LogP contribution in [0.5, 0.6) is 0 Å². The van der Waals surface area contributed by atoms with Gasteiger partial charge in [0.05, 0.1) is 6.54 Å². The van der Waals surface area contributed by atoms with Gasteiger partial charge in [0, 0.05) is 17.8 Å². The van der Waals surface area contributed by atoms with E-state index in [1.165, 1.54) is 12.1 Å². The van der Waals surface area contributed by atoms with Crippen LogP contribution in [0, 0.1) is 16.4 Å². The van der Waals surface area contributed by atoms with E-state index in [4.69, 9.17) is 12.2 Å². The molecule has 0 aliphatic heterocycles. The number of nitrogens with one attached hydrogen (secondary N) is 1. The number of benzene rings is 1. The van der Waals surface area contributed by atoms with Crippen LogP contribution in [0.25, 0.3) is 11.5 Å². The van der Waals surface area contributed by atoms with Gasteiger partial charge in [-0.2, -0.15) is 5.10 Å². The van der Waals surface area contributed by atoms with Crippen LogP contribution < -0.4 is 0 Å². The van der Waals surface area contributed by atoms with Crippen molar-refractivity contribution >= 4 is 12.2 Å². The lowest BCUT2D eigenvalue weighted by Gasteiger charge is -2.07. The van der Waals surface area contributed by atoms with Gasteiger partial charge in [-0.1, -0.05) is 12.1 Å². The molecule has 0 bridgehead atoms. The van der Waals surface area contributed by atoms with Crippen LogP contribution in [0.3, 0.4) is 0 Å². The minimum absolute atomic E-state index is 0.146. The molecule has 3 aromatic rings. The van der Waals surface area contributed by atoms with E-state index in [-0.39, 0.29) is 6.54 Å². The Morgan fingerprint density at radius 3 is 2.76 bits per heavy atom. The largest absolute Gasteiger partial charge is 0.294 e. The fraction of sp³-hybridized carbons (Fsp3) is 0.0714. The van der Waals surface area contributed by atoms with Gasteiger partial charge in [-0.25, -0.2) is 8.78 Å². The van der Waals surface area contributed by atoms with Crippen LogP contribution in [0.4, 0.5) is 8.78 Å². The number of aromatic amines is 1. The first-order valence-corrected chi connectivity index (χ1v) is 6.56.